The molecule has 0 atom stereocenters. The van der Waals surface area contributed by atoms with Crippen LogP contribution in [0.5, 0.6) is 5.75 Å². The molecule has 1 aromatic carbocycles. The van der Waals surface area contributed by atoms with Crippen LogP contribution in [0.1, 0.15) is 12.5 Å². The number of hydrogen-bond donors (Lipinski definition) is 1. The number of fused-ring (bicyclic) bond motifs is 1. The van der Waals surface area contributed by atoms with Crippen LogP contribution in [0, 0.1) is 0 Å². The summed E-state index contributed by atoms with van der Waals surface area (Å²) in [6.07, 6.45) is 3.92. The Kier molecular flexibility index (Phi) is 4.79. The highest BCUT2D eigenvalue weighted by Gasteiger charge is 2.07. The molecule has 0 bridgehead atoms. The van der Waals surface area contributed by atoms with Crippen LogP contribution in [0.25, 0.3) is 21.7 Å². The lowest BCUT2D eigenvalue weighted by Gasteiger charge is -2.06. The van der Waals surface area contributed by atoms with Gasteiger partial charge in [-0.25, -0.2) is 15.0 Å². The summed E-state index contributed by atoms with van der Waals surface area (Å²) >= 11 is 1.61. The molecule has 0 aliphatic heterocycles. The second kappa shape index (κ2) is 7.53. The van der Waals surface area contributed by atoms with E-state index in [2.05, 4.69) is 26.3 Å². The average molecular weight is 366 g/mol. The van der Waals surface area contributed by atoms with Crippen LogP contribution in [-0.4, -0.2) is 28.1 Å². The van der Waals surface area contributed by atoms with E-state index in [1.165, 1.54) is 12.0 Å². The number of nitrogens with one attached hydrogen (secondary N) is 1. The first-order valence-electron chi connectivity index (χ1n) is 8.41. The predicted octanol–water partition coefficient (Wildman–Crippen LogP) is 4.40. The molecule has 4 rings (SSSR count). The van der Waals surface area contributed by atoms with E-state index in [1.807, 2.05) is 36.6 Å². The highest BCUT2D eigenvalue weighted by molar-refractivity contribution is 7.13. The molecule has 7 heteroatoms. The molecule has 26 heavy (non-hydrogen) atoms. The van der Waals surface area contributed by atoms with Crippen molar-refractivity contribution in [3.05, 3.63) is 54.0 Å². The van der Waals surface area contributed by atoms with E-state index in [4.69, 9.17) is 9.15 Å². The van der Waals surface area contributed by atoms with Gasteiger partial charge in [-0.2, -0.15) is 0 Å². The monoisotopic (exact) mass is 366 g/mol. The molecule has 3 aromatic heterocycles. The van der Waals surface area contributed by atoms with E-state index in [1.54, 1.807) is 17.7 Å². The Hall–Kier alpha value is -2.93. The zero-order chi connectivity index (χ0) is 17.8. The smallest absolute Gasteiger partial charge is 0.181 e. The Morgan fingerprint density at radius 1 is 1.15 bits per heavy atom. The molecule has 0 aliphatic carbocycles. The molecule has 0 fully saturated rings. The van der Waals surface area contributed by atoms with Crippen LogP contribution >= 0.6 is 11.3 Å². The van der Waals surface area contributed by atoms with Crippen molar-refractivity contribution >= 4 is 28.3 Å². The van der Waals surface area contributed by atoms with Gasteiger partial charge in [-0.05, 0) is 31.0 Å². The van der Waals surface area contributed by atoms with Crippen molar-refractivity contribution in [3.63, 3.8) is 0 Å². The molecule has 1 N–H and O–H groups in total. The second-order valence-electron chi connectivity index (χ2n) is 5.70. The number of anilines is 1. The van der Waals surface area contributed by atoms with E-state index >= 15 is 0 Å². The van der Waals surface area contributed by atoms with E-state index in [-0.39, 0.29) is 0 Å². The van der Waals surface area contributed by atoms with Crippen LogP contribution in [0.15, 0.2) is 52.9 Å². The standard InChI is InChI=1S/C19H18N4O2S/c1-2-24-14-8-18(26-10-14)16-9-19(22-11-21-16)20-6-5-13-3-4-15-17(7-13)25-12-23-15/h3-4,7-12H,2,5-6H2,1H3,(H,20,21,22). The lowest BCUT2D eigenvalue weighted by atomic mass is 10.1. The summed E-state index contributed by atoms with van der Waals surface area (Å²) < 4.78 is 10.9. The fraction of sp³-hybridized carbons (Fsp3) is 0.211. The molecule has 4 aromatic rings. The summed E-state index contributed by atoms with van der Waals surface area (Å²) in [4.78, 5) is 13.9. The summed E-state index contributed by atoms with van der Waals surface area (Å²) in [6, 6.07) is 10.0. The van der Waals surface area contributed by atoms with E-state index in [9.17, 15) is 0 Å². The fourth-order valence-electron chi connectivity index (χ4n) is 2.67. The second-order valence-corrected chi connectivity index (χ2v) is 6.61. The average Bonchev–Trinajstić information content (AvgIpc) is 3.31. The lowest BCUT2D eigenvalue weighted by molar-refractivity contribution is 0.342. The van der Waals surface area contributed by atoms with Crippen LogP contribution in [0.4, 0.5) is 5.82 Å². The topological polar surface area (TPSA) is 73.1 Å². The van der Waals surface area contributed by atoms with Gasteiger partial charge in [0.2, 0.25) is 0 Å². The number of rotatable bonds is 7. The lowest BCUT2D eigenvalue weighted by Crippen LogP contribution is -2.06. The Labute approximate surface area is 154 Å². The number of nitrogens with zero attached hydrogens (tertiary/aromatic N) is 3. The molecule has 0 saturated carbocycles. The van der Waals surface area contributed by atoms with Crippen LogP contribution in [0.3, 0.4) is 0 Å². The minimum Gasteiger partial charge on any atom is -0.493 e. The van der Waals surface area contributed by atoms with Gasteiger partial charge in [-0.15, -0.1) is 11.3 Å². The van der Waals surface area contributed by atoms with Gasteiger partial charge >= 0.3 is 0 Å². The first-order chi connectivity index (χ1) is 12.8. The molecular formula is C19H18N4O2S. The SMILES string of the molecule is CCOc1csc(-c2cc(NCCc3ccc4ncoc4c3)ncn2)c1. The van der Waals surface area contributed by atoms with E-state index in [0.29, 0.717) is 6.61 Å². The minimum absolute atomic E-state index is 0.659. The number of oxazole rings is 1. The number of hydrogen-bond acceptors (Lipinski definition) is 7. The predicted molar refractivity (Wildman–Crippen MR) is 103 cm³/mol. The Balaban J connectivity index is 1.40. The van der Waals surface area contributed by atoms with Gasteiger partial charge in [0, 0.05) is 24.1 Å². The Morgan fingerprint density at radius 2 is 2.12 bits per heavy atom. The van der Waals surface area contributed by atoms with Gasteiger partial charge in [0.05, 0.1) is 17.2 Å². The number of ether oxygens (including phenoxy) is 1. The number of thiophene rings is 1. The summed E-state index contributed by atoms with van der Waals surface area (Å²) in [5.41, 5.74) is 3.77. The van der Waals surface area contributed by atoms with Gasteiger partial charge in [0.15, 0.2) is 12.0 Å². The third kappa shape index (κ3) is 3.67. The highest BCUT2D eigenvalue weighted by Crippen LogP contribution is 2.30. The number of benzene rings is 1. The molecule has 0 radical (unpaired) electrons. The van der Waals surface area contributed by atoms with Gasteiger partial charge < -0.3 is 14.5 Å². The molecule has 6 nitrogen and oxygen atoms in total. The summed E-state index contributed by atoms with van der Waals surface area (Å²) in [6.45, 7) is 3.40. The zero-order valence-corrected chi connectivity index (χ0v) is 15.1. The van der Waals surface area contributed by atoms with Crippen LogP contribution in [-0.2, 0) is 6.42 Å². The van der Waals surface area contributed by atoms with Crippen LogP contribution in [0.2, 0.25) is 0 Å². The normalized spacial score (nSPS) is 11.0. The van der Waals surface area contributed by atoms with Gasteiger partial charge in [0.25, 0.3) is 0 Å². The third-order valence-electron chi connectivity index (χ3n) is 3.92. The molecular weight excluding hydrogens is 348 g/mol. The maximum atomic E-state index is 5.52. The summed E-state index contributed by atoms with van der Waals surface area (Å²) in [5, 5.41) is 5.35. The zero-order valence-electron chi connectivity index (χ0n) is 14.3. The summed E-state index contributed by atoms with van der Waals surface area (Å²) in [7, 11) is 0. The molecule has 0 aliphatic rings. The minimum atomic E-state index is 0.659. The van der Waals surface area contributed by atoms with Crippen molar-refractivity contribution in [1.82, 2.24) is 15.0 Å². The first kappa shape index (κ1) is 16.5. The first-order valence-corrected chi connectivity index (χ1v) is 9.29. The molecule has 3 heterocycles. The maximum Gasteiger partial charge on any atom is 0.181 e. The molecule has 0 saturated heterocycles. The van der Waals surface area contributed by atoms with Gasteiger partial charge in [-0.1, -0.05) is 6.07 Å². The van der Waals surface area contributed by atoms with Gasteiger partial charge in [0.1, 0.15) is 23.4 Å². The van der Waals surface area contributed by atoms with Crippen molar-refractivity contribution in [2.75, 3.05) is 18.5 Å². The van der Waals surface area contributed by atoms with Crippen molar-refractivity contribution in [1.29, 1.82) is 0 Å². The fourth-order valence-corrected chi connectivity index (χ4v) is 3.47. The quantitative estimate of drug-likeness (QED) is 0.523. The van der Waals surface area contributed by atoms with Crippen LogP contribution < -0.4 is 10.1 Å². The molecule has 0 spiro atoms. The molecule has 0 amide bonds. The van der Waals surface area contributed by atoms with E-state index in [0.717, 1.165) is 46.2 Å². The van der Waals surface area contributed by atoms with Crippen molar-refractivity contribution < 1.29 is 9.15 Å². The van der Waals surface area contributed by atoms with Crippen molar-refractivity contribution in [2.24, 2.45) is 0 Å². The Bertz CT molecular complexity index is 1010. The maximum absolute atomic E-state index is 5.52. The van der Waals surface area contributed by atoms with Crippen molar-refractivity contribution in [3.8, 4) is 16.3 Å². The number of aromatic nitrogens is 3. The van der Waals surface area contributed by atoms with E-state index < -0.39 is 0 Å². The largest absolute Gasteiger partial charge is 0.493 e. The third-order valence-corrected chi connectivity index (χ3v) is 4.85. The van der Waals surface area contributed by atoms with Gasteiger partial charge in [-0.3, -0.25) is 0 Å². The Morgan fingerprint density at radius 3 is 3.04 bits per heavy atom. The van der Waals surface area contributed by atoms with Crippen molar-refractivity contribution in [2.45, 2.75) is 13.3 Å². The highest BCUT2D eigenvalue weighted by atomic mass is 32.1. The molecule has 132 valence electrons. The molecule has 0 unspecified atom stereocenters. The summed E-state index contributed by atoms with van der Waals surface area (Å²) in [5.74, 6) is 1.69.